The maximum atomic E-state index is 12.3. The number of carbonyl (C=O) groups excluding carboxylic acids is 2. The Bertz CT molecular complexity index is 994. The second-order valence-electron chi connectivity index (χ2n) is 5.15. The lowest BCUT2D eigenvalue weighted by Crippen LogP contribution is -2.31. The van der Waals surface area contributed by atoms with E-state index in [1.807, 2.05) is 0 Å². The molecule has 0 aliphatic rings. The van der Waals surface area contributed by atoms with Crippen molar-refractivity contribution in [2.75, 3.05) is 0 Å². The van der Waals surface area contributed by atoms with Gasteiger partial charge in [0.05, 0.1) is 0 Å². The lowest BCUT2D eigenvalue weighted by molar-refractivity contribution is 0.0948. The highest BCUT2D eigenvalue weighted by molar-refractivity contribution is 5.94. The van der Waals surface area contributed by atoms with E-state index in [1.165, 1.54) is 10.6 Å². The fourth-order valence-corrected chi connectivity index (χ4v) is 2.29. The quantitative estimate of drug-likeness (QED) is 0.738. The molecule has 3 N–H and O–H groups in total. The van der Waals surface area contributed by atoms with E-state index in [-0.39, 0.29) is 12.1 Å². The Morgan fingerprint density at radius 1 is 1.17 bits per heavy atom. The van der Waals surface area contributed by atoms with Crippen LogP contribution in [-0.2, 0) is 6.54 Å². The van der Waals surface area contributed by atoms with E-state index in [2.05, 4.69) is 10.3 Å². The largest absolute Gasteiger partial charge is 0.366 e. The standard InChI is InChI=1S/C17H14N4O3/c18-15(22)12-5-3-4-11(8-12)9-20-16(23)13-10-19-14-6-1-2-7-21(14)17(13)24/h1-8,10H,9H2,(H2,18,22)(H,20,23). The van der Waals surface area contributed by atoms with Crippen molar-refractivity contribution in [2.45, 2.75) is 6.54 Å². The molecule has 7 heteroatoms. The first-order valence-corrected chi connectivity index (χ1v) is 7.19. The van der Waals surface area contributed by atoms with Gasteiger partial charge in [-0.05, 0) is 29.8 Å². The summed E-state index contributed by atoms with van der Waals surface area (Å²) in [6.45, 7) is 0.164. The van der Waals surface area contributed by atoms with Gasteiger partial charge in [0.2, 0.25) is 5.91 Å². The SMILES string of the molecule is NC(=O)c1cccc(CNC(=O)c2cnc3ccccn3c2=O)c1. The van der Waals surface area contributed by atoms with Crippen LogP contribution < -0.4 is 16.6 Å². The van der Waals surface area contributed by atoms with Gasteiger partial charge in [0.25, 0.3) is 11.5 Å². The summed E-state index contributed by atoms with van der Waals surface area (Å²) in [5, 5.41) is 2.64. The summed E-state index contributed by atoms with van der Waals surface area (Å²) in [5.74, 6) is -1.07. The Labute approximate surface area is 136 Å². The summed E-state index contributed by atoms with van der Waals surface area (Å²) in [4.78, 5) is 39.8. The number of fused-ring (bicyclic) bond motifs is 1. The van der Waals surface area contributed by atoms with Gasteiger partial charge in [-0.15, -0.1) is 0 Å². The molecule has 0 spiro atoms. The molecule has 3 aromatic rings. The minimum absolute atomic E-state index is 0.0512. The van der Waals surface area contributed by atoms with E-state index >= 15 is 0 Å². The van der Waals surface area contributed by atoms with Gasteiger partial charge in [-0.2, -0.15) is 0 Å². The molecule has 120 valence electrons. The van der Waals surface area contributed by atoms with Crippen molar-refractivity contribution in [1.82, 2.24) is 14.7 Å². The minimum Gasteiger partial charge on any atom is -0.366 e. The smallest absolute Gasteiger partial charge is 0.270 e. The van der Waals surface area contributed by atoms with E-state index in [4.69, 9.17) is 5.73 Å². The molecular weight excluding hydrogens is 308 g/mol. The molecule has 7 nitrogen and oxygen atoms in total. The topological polar surface area (TPSA) is 107 Å². The Kier molecular flexibility index (Phi) is 4.07. The predicted octanol–water partition coefficient (Wildman–Crippen LogP) is 0.723. The number of carbonyl (C=O) groups is 2. The summed E-state index contributed by atoms with van der Waals surface area (Å²) >= 11 is 0. The zero-order valence-electron chi connectivity index (χ0n) is 12.6. The molecule has 0 fully saturated rings. The highest BCUT2D eigenvalue weighted by Crippen LogP contribution is 2.05. The molecule has 0 saturated heterocycles. The lowest BCUT2D eigenvalue weighted by atomic mass is 10.1. The van der Waals surface area contributed by atoms with Crippen molar-refractivity contribution < 1.29 is 9.59 Å². The van der Waals surface area contributed by atoms with Crippen molar-refractivity contribution >= 4 is 17.5 Å². The summed E-state index contributed by atoms with van der Waals surface area (Å²) in [6.07, 6.45) is 2.81. The maximum absolute atomic E-state index is 12.3. The van der Waals surface area contributed by atoms with Gasteiger partial charge in [0.1, 0.15) is 11.2 Å². The van der Waals surface area contributed by atoms with Crippen LogP contribution in [0, 0.1) is 0 Å². The summed E-state index contributed by atoms with van der Waals surface area (Å²) < 4.78 is 1.31. The van der Waals surface area contributed by atoms with Gasteiger partial charge in [-0.25, -0.2) is 4.98 Å². The number of hydrogen-bond acceptors (Lipinski definition) is 4. The van der Waals surface area contributed by atoms with Crippen molar-refractivity contribution in [3.63, 3.8) is 0 Å². The zero-order valence-corrected chi connectivity index (χ0v) is 12.6. The van der Waals surface area contributed by atoms with E-state index in [1.54, 1.807) is 48.7 Å². The minimum atomic E-state index is -0.542. The van der Waals surface area contributed by atoms with Crippen LogP contribution in [0.15, 0.2) is 59.7 Å². The van der Waals surface area contributed by atoms with Gasteiger partial charge >= 0.3 is 0 Å². The second-order valence-corrected chi connectivity index (χ2v) is 5.15. The van der Waals surface area contributed by atoms with Crippen molar-refractivity contribution in [1.29, 1.82) is 0 Å². The molecule has 3 rings (SSSR count). The van der Waals surface area contributed by atoms with E-state index in [0.29, 0.717) is 16.8 Å². The normalized spacial score (nSPS) is 10.5. The summed E-state index contributed by atoms with van der Waals surface area (Å²) in [6, 6.07) is 11.7. The van der Waals surface area contributed by atoms with Crippen molar-refractivity contribution in [2.24, 2.45) is 5.73 Å². The Morgan fingerprint density at radius 3 is 2.79 bits per heavy atom. The number of primary amides is 1. The van der Waals surface area contributed by atoms with Crippen LogP contribution in [0.25, 0.3) is 5.65 Å². The molecule has 1 aromatic carbocycles. The van der Waals surface area contributed by atoms with Crippen LogP contribution in [0.4, 0.5) is 0 Å². The highest BCUT2D eigenvalue weighted by atomic mass is 16.2. The highest BCUT2D eigenvalue weighted by Gasteiger charge is 2.13. The van der Waals surface area contributed by atoms with Gasteiger partial charge in [0.15, 0.2) is 0 Å². The van der Waals surface area contributed by atoms with Crippen molar-refractivity contribution in [3.05, 3.63) is 81.9 Å². The summed E-state index contributed by atoms with van der Waals surface area (Å²) in [7, 11) is 0. The molecule has 2 amide bonds. The Morgan fingerprint density at radius 2 is 2.00 bits per heavy atom. The number of pyridine rings is 1. The molecule has 2 heterocycles. The molecule has 0 aliphatic carbocycles. The van der Waals surface area contributed by atoms with Gasteiger partial charge in [-0.1, -0.05) is 18.2 Å². The molecule has 0 saturated carbocycles. The average molecular weight is 322 g/mol. The van der Waals surface area contributed by atoms with Crippen LogP contribution in [-0.4, -0.2) is 21.2 Å². The Hall–Kier alpha value is -3.48. The molecule has 0 aliphatic heterocycles. The number of nitrogens with two attached hydrogens (primary N) is 1. The number of nitrogens with one attached hydrogen (secondary N) is 1. The van der Waals surface area contributed by atoms with Gasteiger partial charge in [-0.3, -0.25) is 18.8 Å². The molecule has 2 aromatic heterocycles. The van der Waals surface area contributed by atoms with Gasteiger partial charge in [0, 0.05) is 24.5 Å². The van der Waals surface area contributed by atoms with Crippen LogP contribution in [0.5, 0.6) is 0 Å². The third kappa shape index (κ3) is 3.00. The number of benzene rings is 1. The van der Waals surface area contributed by atoms with Gasteiger partial charge < -0.3 is 11.1 Å². The van der Waals surface area contributed by atoms with Crippen LogP contribution in [0.1, 0.15) is 26.3 Å². The molecular formula is C17H14N4O3. The number of hydrogen-bond donors (Lipinski definition) is 2. The van der Waals surface area contributed by atoms with E-state index in [9.17, 15) is 14.4 Å². The number of rotatable bonds is 4. The monoisotopic (exact) mass is 322 g/mol. The predicted molar refractivity (Wildman–Crippen MR) is 87.6 cm³/mol. The zero-order chi connectivity index (χ0) is 17.1. The maximum Gasteiger partial charge on any atom is 0.270 e. The van der Waals surface area contributed by atoms with Crippen LogP contribution in [0.3, 0.4) is 0 Å². The molecule has 0 atom stereocenters. The first-order valence-electron chi connectivity index (χ1n) is 7.19. The Balaban J connectivity index is 1.81. The summed E-state index contributed by atoms with van der Waals surface area (Å²) in [5.41, 5.74) is 6.26. The van der Waals surface area contributed by atoms with Crippen LogP contribution >= 0.6 is 0 Å². The average Bonchev–Trinajstić information content (AvgIpc) is 2.60. The number of nitrogens with zero attached hydrogens (tertiary/aromatic N) is 2. The molecule has 0 unspecified atom stereocenters. The first-order chi connectivity index (χ1) is 11.6. The molecule has 24 heavy (non-hydrogen) atoms. The van der Waals surface area contributed by atoms with Crippen molar-refractivity contribution in [3.8, 4) is 0 Å². The fourth-order valence-electron chi connectivity index (χ4n) is 2.29. The molecule has 0 bridgehead atoms. The van der Waals surface area contributed by atoms with E-state index < -0.39 is 17.4 Å². The first kappa shape index (κ1) is 15.4. The second kappa shape index (κ2) is 6.33. The molecule has 0 radical (unpaired) electrons. The van der Waals surface area contributed by atoms with Crippen LogP contribution in [0.2, 0.25) is 0 Å². The fraction of sp³-hybridized carbons (Fsp3) is 0.0588. The van der Waals surface area contributed by atoms with E-state index in [0.717, 1.165) is 0 Å². The third-order valence-corrected chi connectivity index (χ3v) is 3.52. The number of amides is 2. The number of aromatic nitrogens is 2. The lowest BCUT2D eigenvalue weighted by Gasteiger charge is -2.07. The third-order valence-electron chi connectivity index (χ3n) is 3.52.